The van der Waals surface area contributed by atoms with Crippen LogP contribution in [-0.4, -0.2) is 24.2 Å². The van der Waals surface area contributed by atoms with Crippen molar-refractivity contribution in [2.24, 2.45) is 0 Å². The third-order valence-electron chi connectivity index (χ3n) is 3.28. The van der Waals surface area contributed by atoms with Crippen molar-refractivity contribution < 1.29 is 4.74 Å². The Morgan fingerprint density at radius 2 is 2.24 bits per heavy atom. The molecular weight excluding hydrogens is 212 g/mol. The number of rotatable bonds is 2. The van der Waals surface area contributed by atoms with Gasteiger partial charge in [0.15, 0.2) is 0 Å². The average molecular weight is 230 g/mol. The van der Waals surface area contributed by atoms with Crippen LogP contribution in [0, 0.1) is 6.92 Å². The van der Waals surface area contributed by atoms with Crippen molar-refractivity contribution in [1.82, 2.24) is 10.3 Å². The number of hydrogen-bond donors (Lipinski definition) is 2. The van der Waals surface area contributed by atoms with Gasteiger partial charge in [0.1, 0.15) is 11.9 Å². The summed E-state index contributed by atoms with van der Waals surface area (Å²) in [4.78, 5) is 3.32. The minimum Gasteiger partial charge on any atom is -0.489 e. The minimum absolute atomic E-state index is 0.321. The number of aryl methyl sites for hydroxylation is 1. The number of H-pyrrole nitrogens is 1. The molecule has 1 fully saturated rings. The Kier molecular flexibility index (Phi) is 2.77. The zero-order valence-corrected chi connectivity index (χ0v) is 10.1. The van der Waals surface area contributed by atoms with E-state index in [1.807, 2.05) is 6.07 Å². The SMILES string of the molecule is Cc1cc2cc(OC3CCCNC3)ccc2[nH]1. The van der Waals surface area contributed by atoms with E-state index in [1.54, 1.807) is 0 Å². The molecule has 3 rings (SSSR count). The fourth-order valence-electron chi connectivity index (χ4n) is 2.44. The number of benzene rings is 1. The number of aromatic amines is 1. The predicted octanol–water partition coefficient (Wildman–Crippen LogP) is 2.61. The highest BCUT2D eigenvalue weighted by atomic mass is 16.5. The van der Waals surface area contributed by atoms with Crippen LogP contribution >= 0.6 is 0 Å². The van der Waals surface area contributed by atoms with Crippen LogP contribution in [0.3, 0.4) is 0 Å². The van der Waals surface area contributed by atoms with E-state index < -0.39 is 0 Å². The van der Waals surface area contributed by atoms with Crippen molar-refractivity contribution in [2.75, 3.05) is 13.1 Å². The summed E-state index contributed by atoms with van der Waals surface area (Å²) in [6.45, 7) is 4.16. The van der Waals surface area contributed by atoms with Gasteiger partial charge >= 0.3 is 0 Å². The fraction of sp³-hybridized carbons (Fsp3) is 0.429. The molecule has 2 N–H and O–H groups in total. The van der Waals surface area contributed by atoms with E-state index in [9.17, 15) is 0 Å². The third-order valence-corrected chi connectivity index (χ3v) is 3.28. The Balaban J connectivity index is 1.79. The minimum atomic E-state index is 0.321. The van der Waals surface area contributed by atoms with Gasteiger partial charge in [-0.1, -0.05) is 0 Å². The van der Waals surface area contributed by atoms with Gasteiger partial charge in [-0.25, -0.2) is 0 Å². The van der Waals surface area contributed by atoms with Crippen molar-refractivity contribution >= 4 is 10.9 Å². The summed E-state index contributed by atoms with van der Waals surface area (Å²) in [5, 5.41) is 4.59. The van der Waals surface area contributed by atoms with Crippen molar-refractivity contribution in [3.05, 3.63) is 30.0 Å². The molecular formula is C14H18N2O. The zero-order chi connectivity index (χ0) is 11.7. The van der Waals surface area contributed by atoms with Gasteiger partial charge in [0.2, 0.25) is 0 Å². The van der Waals surface area contributed by atoms with Gasteiger partial charge in [-0.15, -0.1) is 0 Å². The first-order valence-corrected chi connectivity index (χ1v) is 6.28. The molecule has 90 valence electrons. The molecule has 1 atom stereocenters. The summed E-state index contributed by atoms with van der Waals surface area (Å²) in [7, 11) is 0. The molecule has 1 aliphatic rings. The molecule has 1 saturated heterocycles. The van der Waals surface area contributed by atoms with Gasteiger partial charge in [-0.3, -0.25) is 0 Å². The monoisotopic (exact) mass is 230 g/mol. The molecule has 2 aromatic rings. The molecule has 3 heteroatoms. The van der Waals surface area contributed by atoms with Crippen molar-refractivity contribution in [3.63, 3.8) is 0 Å². The Hall–Kier alpha value is -1.48. The number of aromatic nitrogens is 1. The summed E-state index contributed by atoms with van der Waals surface area (Å²) < 4.78 is 6.00. The maximum Gasteiger partial charge on any atom is 0.120 e. The first-order valence-electron chi connectivity index (χ1n) is 6.28. The summed E-state index contributed by atoms with van der Waals surface area (Å²) in [6, 6.07) is 8.41. The summed E-state index contributed by atoms with van der Waals surface area (Å²) in [5.74, 6) is 0.977. The molecule has 0 saturated carbocycles. The predicted molar refractivity (Wildman–Crippen MR) is 69.6 cm³/mol. The highest BCUT2D eigenvalue weighted by Gasteiger charge is 2.14. The van der Waals surface area contributed by atoms with Crippen LogP contribution in [0.25, 0.3) is 10.9 Å². The molecule has 2 heterocycles. The standard InChI is InChI=1S/C14H18N2O/c1-10-7-11-8-12(4-5-14(11)16-10)17-13-3-2-6-15-9-13/h4-5,7-8,13,15-16H,2-3,6,9H2,1H3. The van der Waals surface area contributed by atoms with Gasteiger partial charge in [0.25, 0.3) is 0 Å². The molecule has 1 aromatic carbocycles. The molecule has 1 aliphatic heterocycles. The lowest BCUT2D eigenvalue weighted by atomic mass is 10.1. The van der Waals surface area contributed by atoms with Gasteiger partial charge < -0.3 is 15.0 Å². The molecule has 1 unspecified atom stereocenters. The zero-order valence-electron chi connectivity index (χ0n) is 10.1. The normalized spacial score (nSPS) is 20.6. The molecule has 3 nitrogen and oxygen atoms in total. The van der Waals surface area contributed by atoms with Crippen LogP contribution < -0.4 is 10.1 Å². The topological polar surface area (TPSA) is 37.0 Å². The Labute approximate surface area is 101 Å². The van der Waals surface area contributed by atoms with Crippen LogP contribution in [0.2, 0.25) is 0 Å². The number of hydrogen-bond acceptors (Lipinski definition) is 2. The summed E-state index contributed by atoms with van der Waals surface area (Å²) >= 11 is 0. The van der Waals surface area contributed by atoms with Crippen LogP contribution in [0.1, 0.15) is 18.5 Å². The summed E-state index contributed by atoms with van der Waals surface area (Å²) in [6.07, 6.45) is 2.68. The van der Waals surface area contributed by atoms with Gasteiger partial charge in [-0.05, 0) is 50.6 Å². The number of fused-ring (bicyclic) bond motifs is 1. The third kappa shape index (κ3) is 2.29. The molecule has 0 radical (unpaired) electrons. The quantitative estimate of drug-likeness (QED) is 0.832. The number of ether oxygens (including phenoxy) is 1. The van der Waals surface area contributed by atoms with Gasteiger partial charge in [0, 0.05) is 23.1 Å². The lowest BCUT2D eigenvalue weighted by Crippen LogP contribution is -2.37. The highest BCUT2D eigenvalue weighted by molar-refractivity contribution is 5.81. The molecule has 0 bridgehead atoms. The van der Waals surface area contributed by atoms with Crippen LogP contribution in [-0.2, 0) is 0 Å². The first kappa shape index (κ1) is 10.7. The second-order valence-electron chi connectivity index (χ2n) is 4.79. The largest absolute Gasteiger partial charge is 0.489 e. The van der Waals surface area contributed by atoms with Crippen LogP contribution in [0.5, 0.6) is 5.75 Å². The Morgan fingerprint density at radius 1 is 1.29 bits per heavy atom. The van der Waals surface area contributed by atoms with E-state index in [4.69, 9.17) is 4.74 Å². The lowest BCUT2D eigenvalue weighted by molar-refractivity contribution is 0.167. The maximum absolute atomic E-state index is 6.00. The van der Waals surface area contributed by atoms with E-state index in [0.717, 1.165) is 25.3 Å². The van der Waals surface area contributed by atoms with E-state index in [-0.39, 0.29) is 0 Å². The van der Waals surface area contributed by atoms with Crippen LogP contribution in [0.15, 0.2) is 24.3 Å². The van der Waals surface area contributed by atoms with Crippen LogP contribution in [0.4, 0.5) is 0 Å². The number of piperidine rings is 1. The van der Waals surface area contributed by atoms with E-state index in [0.29, 0.717) is 6.10 Å². The van der Waals surface area contributed by atoms with Crippen molar-refractivity contribution in [2.45, 2.75) is 25.9 Å². The van der Waals surface area contributed by atoms with Gasteiger partial charge in [-0.2, -0.15) is 0 Å². The molecule has 0 aliphatic carbocycles. The van der Waals surface area contributed by atoms with E-state index in [2.05, 4.69) is 35.4 Å². The fourth-order valence-corrected chi connectivity index (χ4v) is 2.44. The van der Waals surface area contributed by atoms with E-state index in [1.165, 1.54) is 23.0 Å². The number of nitrogens with one attached hydrogen (secondary N) is 2. The van der Waals surface area contributed by atoms with Crippen molar-refractivity contribution in [3.8, 4) is 5.75 Å². The molecule has 1 aromatic heterocycles. The second kappa shape index (κ2) is 4.41. The second-order valence-corrected chi connectivity index (χ2v) is 4.79. The maximum atomic E-state index is 6.00. The molecule has 0 spiro atoms. The average Bonchev–Trinajstić information content (AvgIpc) is 2.70. The lowest BCUT2D eigenvalue weighted by Gasteiger charge is -2.23. The molecule has 0 amide bonds. The summed E-state index contributed by atoms with van der Waals surface area (Å²) in [5.41, 5.74) is 2.37. The Morgan fingerprint density at radius 3 is 3.06 bits per heavy atom. The van der Waals surface area contributed by atoms with Crippen molar-refractivity contribution in [1.29, 1.82) is 0 Å². The molecule has 17 heavy (non-hydrogen) atoms. The first-order chi connectivity index (χ1) is 8.31. The Bertz CT molecular complexity index is 512. The smallest absolute Gasteiger partial charge is 0.120 e. The van der Waals surface area contributed by atoms with E-state index >= 15 is 0 Å². The van der Waals surface area contributed by atoms with Gasteiger partial charge in [0.05, 0.1) is 0 Å². The highest BCUT2D eigenvalue weighted by Crippen LogP contribution is 2.23.